The minimum absolute atomic E-state index is 0.0690. The minimum atomic E-state index is 0.0690. The monoisotopic (exact) mass is 435 g/mol. The van der Waals surface area contributed by atoms with Gasteiger partial charge in [-0.1, -0.05) is 41.1 Å². The molecule has 128 valence electrons. The lowest BCUT2D eigenvalue weighted by atomic mass is 10.2. The topological polar surface area (TPSA) is 36.4 Å². The minimum Gasteiger partial charge on any atom is -0.345 e. The number of carbonyl (C=O) groups is 1. The van der Waals surface area contributed by atoms with Gasteiger partial charge in [0.2, 0.25) is 0 Å². The third-order valence-corrected chi connectivity index (χ3v) is 6.38. The van der Waals surface area contributed by atoms with Gasteiger partial charge >= 0.3 is 0 Å². The molecule has 25 heavy (non-hydrogen) atoms. The molecule has 2 aromatic carbocycles. The van der Waals surface area contributed by atoms with Crippen LogP contribution in [0.1, 0.15) is 10.4 Å². The van der Waals surface area contributed by atoms with Gasteiger partial charge in [0.1, 0.15) is 5.52 Å². The number of fused-ring (bicyclic) bond motifs is 1. The van der Waals surface area contributed by atoms with Crippen molar-refractivity contribution in [3.63, 3.8) is 0 Å². The zero-order valence-electron chi connectivity index (χ0n) is 13.3. The third-order valence-electron chi connectivity index (χ3n) is 4.30. The highest BCUT2D eigenvalue weighted by atomic mass is 79.9. The van der Waals surface area contributed by atoms with Crippen molar-refractivity contribution < 1.29 is 4.79 Å². The van der Waals surface area contributed by atoms with Crippen LogP contribution in [-0.2, 0) is 0 Å². The zero-order chi connectivity index (χ0) is 17.4. The molecule has 0 aliphatic carbocycles. The molecule has 0 unspecified atom stereocenters. The summed E-state index contributed by atoms with van der Waals surface area (Å²) in [6.07, 6.45) is 0. The summed E-state index contributed by atoms with van der Waals surface area (Å²) in [6, 6.07) is 13.4. The van der Waals surface area contributed by atoms with Crippen LogP contribution in [0.15, 0.2) is 46.9 Å². The van der Waals surface area contributed by atoms with Crippen molar-refractivity contribution in [2.45, 2.75) is 0 Å². The summed E-state index contributed by atoms with van der Waals surface area (Å²) in [5, 5.41) is 1.65. The molecular weight excluding hydrogens is 422 g/mol. The molecule has 0 saturated carbocycles. The first-order valence-corrected chi connectivity index (χ1v) is 9.96. The average molecular weight is 437 g/mol. The van der Waals surface area contributed by atoms with Gasteiger partial charge in [-0.05, 0) is 40.2 Å². The largest absolute Gasteiger partial charge is 0.345 e. The summed E-state index contributed by atoms with van der Waals surface area (Å²) in [5.74, 6) is 0.0690. The Hall–Kier alpha value is -1.63. The number of para-hydroxylation sites is 1. The van der Waals surface area contributed by atoms with Crippen LogP contribution < -0.4 is 4.90 Å². The number of carbonyl (C=O) groups excluding carboxylic acids is 1. The highest BCUT2D eigenvalue weighted by molar-refractivity contribution is 9.10. The van der Waals surface area contributed by atoms with Crippen LogP contribution in [0.4, 0.5) is 5.13 Å². The molecule has 1 fully saturated rings. The Kier molecular flexibility index (Phi) is 4.67. The Balaban J connectivity index is 1.48. The molecule has 1 aromatic heterocycles. The summed E-state index contributed by atoms with van der Waals surface area (Å²) >= 11 is 11.3. The SMILES string of the molecule is O=C(c1ccccc1Br)N1CCN(c2nc3c(Cl)cccc3s2)CC1. The van der Waals surface area contributed by atoms with Crippen LogP contribution >= 0.6 is 38.9 Å². The molecule has 7 heteroatoms. The Bertz CT molecular complexity index is 937. The zero-order valence-corrected chi connectivity index (χ0v) is 16.4. The van der Waals surface area contributed by atoms with Crippen molar-refractivity contribution in [1.82, 2.24) is 9.88 Å². The Morgan fingerprint density at radius 3 is 2.56 bits per heavy atom. The number of halogens is 2. The van der Waals surface area contributed by atoms with Crippen molar-refractivity contribution in [3.8, 4) is 0 Å². The lowest BCUT2D eigenvalue weighted by molar-refractivity contribution is 0.0746. The molecule has 0 spiro atoms. The standard InChI is InChI=1S/C18H15BrClN3OS/c19-13-5-2-1-4-12(13)17(24)22-8-10-23(11-9-22)18-21-16-14(20)6-3-7-15(16)25-18/h1-7H,8-11H2. The van der Waals surface area contributed by atoms with Gasteiger partial charge in [0.05, 0.1) is 15.3 Å². The molecule has 4 nitrogen and oxygen atoms in total. The van der Waals surface area contributed by atoms with Crippen LogP contribution in [0, 0.1) is 0 Å². The second kappa shape index (κ2) is 6.94. The van der Waals surface area contributed by atoms with E-state index < -0.39 is 0 Å². The average Bonchev–Trinajstić information content (AvgIpc) is 3.07. The number of piperazine rings is 1. The quantitative estimate of drug-likeness (QED) is 0.585. The second-order valence-electron chi connectivity index (χ2n) is 5.84. The van der Waals surface area contributed by atoms with Crippen LogP contribution in [0.5, 0.6) is 0 Å². The second-order valence-corrected chi connectivity index (χ2v) is 8.11. The highest BCUT2D eigenvalue weighted by Crippen LogP contribution is 2.33. The Morgan fingerprint density at radius 2 is 1.84 bits per heavy atom. The van der Waals surface area contributed by atoms with Crippen molar-refractivity contribution in [2.24, 2.45) is 0 Å². The number of hydrogen-bond donors (Lipinski definition) is 0. The smallest absolute Gasteiger partial charge is 0.255 e. The van der Waals surface area contributed by atoms with Gasteiger partial charge in [-0.25, -0.2) is 4.98 Å². The maximum absolute atomic E-state index is 12.7. The molecule has 0 atom stereocenters. The molecule has 1 aliphatic heterocycles. The van der Waals surface area contributed by atoms with Gasteiger partial charge in [-0.15, -0.1) is 0 Å². The molecule has 1 saturated heterocycles. The van der Waals surface area contributed by atoms with Crippen LogP contribution in [0.2, 0.25) is 5.02 Å². The van der Waals surface area contributed by atoms with Gasteiger partial charge < -0.3 is 9.80 Å². The lowest BCUT2D eigenvalue weighted by Crippen LogP contribution is -2.48. The van der Waals surface area contributed by atoms with Crippen molar-refractivity contribution in [2.75, 3.05) is 31.1 Å². The van der Waals surface area contributed by atoms with Gasteiger partial charge in [-0.2, -0.15) is 0 Å². The fourth-order valence-corrected chi connectivity index (χ4v) is 4.72. The van der Waals surface area contributed by atoms with E-state index in [0.29, 0.717) is 23.7 Å². The predicted molar refractivity (Wildman–Crippen MR) is 107 cm³/mol. The van der Waals surface area contributed by atoms with Gasteiger partial charge in [0, 0.05) is 30.7 Å². The Morgan fingerprint density at radius 1 is 1.08 bits per heavy atom. The van der Waals surface area contributed by atoms with E-state index >= 15 is 0 Å². The fraction of sp³-hybridized carbons (Fsp3) is 0.222. The molecule has 1 amide bonds. The van der Waals surface area contributed by atoms with E-state index in [2.05, 4.69) is 25.8 Å². The molecular formula is C18H15BrClN3OS. The van der Waals surface area contributed by atoms with Crippen molar-refractivity contribution >= 4 is 60.1 Å². The Labute approximate surface area is 163 Å². The van der Waals surface area contributed by atoms with Gasteiger partial charge in [-0.3, -0.25) is 4.79 Å². The van der Waals surface area contributed by atoms with Crippen molar-refractivity contribution in [1.29, 1.82) is 0 Å². The molecule has 0 N–H and O–H groups in total. The number of nitrogens with zero attached hydrogens (tertiary/aromatic N) is 3. The molecule has 1 aliphatic rings. The van der Waals surface area contributed by atoms with Crippen molar-refractivity contribution in [3.05, 3.63) is 57.5 Å². The van der Waals surface area contributed by atoms with E-state index in [1.54, 1.807) is 11.3 Å². The number of rotatable bonds is 2. The normalized spacial score (nSPS) is 15.0. The number of benzene rings is 2. The number of hydrogen-bond acceptors (Lipinski definition) is 4. The fourth-order valence-electron chi connectivity index (χ4n) is 2.94. The summed E-state index contributed by atoms with van der Waals surface area (Å²) < 4.78 is 1.93. The van der Waals surface area contributed by atoms with E-state index in [-0.39, 0.29) is 5.91 Å². The number of thiazole rings is 1. The van der Waals surface area contributed by atoms with Gasteiger partial charge in [0.15, 0.2) is 5.13 Å². The summed E-state index contributed by atoms with van der Waals surface area (Å²) in [6.45, 7) is 2.91. The van der Waals surface area contributed by atoms with Crippen LogP contribution in [-0.4, -0.2) is 42.0 Å². The molecule has 0 radical (unpaired) electrons. The van der Waals surface area contributed by atoms with E-state index in [9.17, 15) is 4.79 Å². The first kappa shape index (κ1) is 16.8. The summed E-state index contributed by atoms with van der Waals surface area (Å²) in [5.41, 5.74) is 1.57. The number of anilines is 1. The van der Waals surface area contributed by atoms with E-state index in [1.165, 1.54) is 0 Å². The lowest BCUT2D eigenvalue weighted by Gasteiger charge is -2.34. The summed E-state index contributed by atoms with van der Waals surface area (Å²) in [4.78, 5) is 21.5. The van der Waals surface area contributed by atoms with E-state index in [4.69, 9.17) is 11.6 Å². The molecule has 4 rings (SSSR count). The molecule has 3 aromatic rings. The van der Waals surface area contributed by atoms with Crippen LogP contribution in [0.25, 0.3) is 10.2 Å². The number of aromatic nitrogens is 1. The highest BCUT2D eigenvalue weighted by Gasteiger charge is 2.25. The van der Waals surface area contributed by atoms with Gasteiger partial charge in [0.25, 0.3) is 5.91 Å². The van der Waals surface area contributed by atoms with Crippen LogP contribution in [0.3, 0.4) is 0 Å². The van der Waals surface area contributed by atoms with E-state index in [0.717, 1.165) is 32.9 Å². The molecule has 0 bridgehead atoms. The molecule has 2 heterocycles. The summed E-state index contributed by atoms with van der Waals surface area (Å²) in [7, 11) is 0. The third kappa shape index (κ3) is 3.26. The number of amides is 1. The maximum Gasteiger partial charge on any atom is 0.255 e. The maximum atomic E-state index is 12.7. The first-order chi connectivity index (χ1) is 12.1. The van der Waals surface area contributed by atoms with E-state index in [1.807, 2.05) is 47.4 Å². The predicted octanol–water partition coefficient (Wildman–Crippen LogP) is 4.67. The first-order valence-electron chi connectivity index (χ1n) is 7.97.